The fourth-order valence-electron chi connectivity index (χ4n) is 5.13. The molecule has 0 radical (unpaired) electrons. The molecule has 0 amide bonds. The summed E-state index contributed by atoms with van der Waals surface area (Å²) in [5.41, 5.74) is 5.97. The molecule has 7 nitrogen and oxygen atoms in total. The van der Waals surface area contributed by atoms with Gasteiger partial charge in [-0.2, -0.15) is 0 Å². The number of fused-ring (bicyclic) bond motifs is 1. The van der Waals surface area contributed by atoms with Crippen molar-refractivity contribution in [2.75, 3.05) is 26.7 Å². The zero-order valence-electron chi connectivity index (χ0n) is 23.6. The number of rotatable bonds is 14. The Morgan fingerprint density at radius 2 is 1.77 bits per heavy atom. The van der Waals surface area contributed by atoms with Crippen molar-refractivity contribution in [2.24, 2.45) is 0 Å². The Kier molecular flexibility index (Phi) is 9.49. The Balaban J connectivity index is 1.36. The molecule has 7 heteroatoms. The summed E-state index contributed by atoms with van der Waals surface area (Å²) < 4.78 is 7.76. The highest BCUT2D eigenvalue weighted by Crippen LogP contribution is 2.35. The minimum Gasteiger partial charge on any atom is -0.481 e. The van der Waals surface area contributed by atoms with Crippen LogP contribution in [0.15, 0.2) is 66.7 Å². The predicted octanol–water partition coefficient (Wildman–Crippen LogP) is 5.56. The summed E-state index contributed by atoms with van der Waals surface area (Å²) in [7, 11) is 2.11. The second-order valence-electron chi connectivity index (χ2n) is 10.5. The molecule has 1 atom stereocenters. The maximum atomic E-state index is 12.6. The number of hydrogen-bond acceptors (Lipinski definition) is 5. The molecule has 0 aliphatic carbocycles. The fraction of sp³-hybridized carbons (Fsp3) is 0.406. The van der Waals surface area contributed by atoms with Crippen molar-refractivity contribution in [1.29, 1.82) is 0 Å². The lowest BCUT2D eigenvalue weighted by atomic mass is 9.72. The molecule has 3 aromatic carbocycles. The molecule has 0 aliphatic rings. The Bertz CT molecular complexity index is 1370. The topological polar surface area (TPSA) is 80.5 Å². The van der Waals surface area contributed by atoms with E-state index in [4.69, 9.17) is 4.74 Å². The first-order valence-electron chi connectivity index (χ1n) is 13.8. The summed E-state index contributed by atoms with van der Waals surface area (Å²) in [5.74, 6) is -0.799. The van der Waals surface area contributed by atoms with E-state index in [1.807, 2.05) is 74.0 Å². The van der Waals surface area contributed by atoms with Crippen LogP contribution in [0.4, 0.5) is 0 Å². The van der Waals surface area contributed by atoms with Gasteiger partial charge in [0, 0.05) is 13.1 Å². The molecule has 4 rings (SSSR count). The van der Waals surface area contributed by atoms with Gasteiger partial charge >= 0.3 is 5.97 Å². The van der Waals surface area contributed by atoms with E-state index in [0.717, 1.165) is 59.3 Å². The SMILES string of the molecule is CCC(Cc1ccc2c(nnn2CCCN(C)CCOCc2ccccc2)c1C)(C(=O)O)c1ccc(C)cc1. The number of hydrogen-bond donors (Lipinski definition) is 1. The van der Waals surface area contributed by atoms with E-state index in [2.05, 4.69) is 40.5 Å². The summed E-state index contributed by atoms with van der Waals surface area (Å²) in [6.45, 7) is 9.89. The highest BCUT2D eigenvalue weighted by molar-refractivity contribution is 5.83. The van der Waals surface area contributed by atoms with Gasteiger partial charge in [0.1, 0.15) is 5.52 Å². The Labute approximate surface area is 231 Å². The van der Waals surface area contributed by atoms with Crippen LogP contribution in [0.25, 0.3) is 11.0 Å². The third kappa shape index (κ3) is 6.72. The van der Waals surface area contributed by atoms with Crippen LogP contribution in [0.2, 0.25) is 0 Å². The fourth-order valence-corrected chi connectivity index (χ4v) is 5.13. The molecule has 1 unspecified atom stereocenters. The number of aliphatic carboxylic acids is 1. The molecule has 1 N–H and O–H groups in total. The Morgan fingerprint density at radius 3 is 2.46 bits per heavy atom. The van der Waals surface area contributed by atoms with Gasteiger partial charge in [-0.25, -0.2) is 4.68 Å². The van der Waals surface area contributed by atoms with E-state index >= 15 is 0 Å². The third-order valence-electron chi connectivity index (χ3n) is 7.80. The minimum absolute atomic E-state index is 0.410. The molecule has 0 spiro atoms. The number of carboxylic acids is 1. The van der Waals surface area contributed by atoms with Crippen molar-refractivity contribution in [3.63, 3.8) is 0 Å². The summed E-state index contributed by atoms with van der Waals surface area (Å²) in [6, 6.07) is 22.2. The smallest absolute Gasteiger partial charge is 0.314 e. The number of carbonyl (C=O) groups is 1. The van der Waals surface area contributed by atoms with Crippen molar-refractivity contribution in [3.05, 3.63) is 94.5 Å². The second-order valence-corrected chi connectivity index (χ2v) is 10.5. The lowest BCUT2D eigenvalue weighted by molar-refractivity contribution is -0.144. The van der Waals surface area contributed by atoms with Gasteiger partial charge in [-0.15, -0.1) is 5.10 Å². The van der Waals surface area contributed by atoms with E-state index in [1.54, 1.807) is 0 Å². The summed E-state index contributed by atoms with van der Waals surface area (Å²) >= 11 is 0. The lowest BCUT2D eigenvalue weighted by Gasteiger charge is -2.30. The average molecular weight is 529 g/mol. The van der Waals surface area contributed by atoms with Gasteiger partial charge < -0.3 is 14.7 Å². The largest absolute Gasteiger partial charge is 0.481 e. The number of carboxylic acid groups (broad SMARTS) is 1. The number of ether oxygens (including phenoxy) is 1. The molecule has 0 fully saturated rings. The van der Waals surface area contributed by atoms with Gasteiger partial charge in [0.2, 0.25) is 0 Å². The van der Waals surface area contributed by atoms with Crippen molar-refractivity contribution in [3.8, 4) is 0 Å². The number of aryl methyl sites for hydroxylation is 3. The van der Waals surface area contributed by atoms with E-state index in [0.29, 0.717) is 26.1 Å². The third-order valence-corrected chi connectivity index (χ3v) is 7.80. The van der Waals surface area contributed by atoms with Crippen LogP contribution < -0.4 is 0 Å². The van der Waals surface area contributed by atoms with Crippen LogP contribution in [0.5, 0.6) is 0 Å². The number of nitrogens with zero attached hydrogens (tertiary/aromatic N) is 4. The molecule has 39 heavy (non-hydrogen) atoms. The maximum Gasteiger partial charge on any atom is 0.314 e. The van der Waals surface area contributed by atoms with Gasteiger partial charge in [0.05, 0.1) is 24.1 Å². The molecule has 0 saturated carbocycles. The van der Waals surface area contributed by atoms with Crippen molar-refractivity contribution < 1.29 is 14.6 Å². The van der Waals surface area contributed by atoms with Crippen LogP contribution >= 0.6 is 0 Å². The number of likely N-dealkylation sites (N-methyl/N-ethyl adjacent to an activating group) is 1. The van der Waals surface area contributed by atoms with E-state index in [-0.39, 0.29) is 0 Å². The molecule has 1 aromatic heterocycles. The normalized spacial score (nSPS) is 13.2. The van der Waals surface area contributed by atoms with Gasteiger partial charge in [-0.3, -0.25) is 4.79 Å². The highest BCUT2D eigenvalue weighted by Gasteiger charge is 2.39. The first kappa shape index (κ1) is 28.5. The lowest BCUT2D eigenvalue weighted by Crippen LogP contribution is -2.37. The maximum absolute atomic E-state index is 12.6. The zero-order chi connectivity index (χ0) is 27.8. The van der Waals surface area contributed by atoms with Crippen LogP contribution in [0.3, 0.4) is 0 Å². The van der Waals surface area contributed by atoms with Crippen LogP contribution in [0.1, 0.15) is 47.6 Å². The quantitative estimate of drug-likeness (QED) is 0.216. The Hall–Kier alpha value is -3.55. The number of aromatic nitrogens is 3. The number of benzene rings is 3. The molecule has 0 saturated heterocycles. The van der Waals surface area contributed by atoms with Crippen molar-refractivity contribution >= 4 is 17.0 Å². The Morgan fingerprint density at radius 1 is 1.03 bits per heavy atom. The summed E-state index contributed by atoms with van der Waals surface area (Å²) in [4.78, 5) is 14.9. The van der Waals surface area contributed by atoms with E-state index in [9.17, 15) is 9.90 Å². The molecule has 0 bridgehead atoms. The molecular formula is C32H40N4O3. The van der Waals surface area contributed by atoms with Crippen LogP contribution in [0, 0.1) is 13.8 Å². The standard InChI is InChI=1S/C32H40N4O3/c1-5-32(31(37)38,28-15-12-24(2)13-16-28)22-27-14-17-29-30(25(27)3)33-34-36(29)19-9-18-35(4)20-21-39-23-26-10-7-6-8-11-26/h6-8,10-17H,5,9,18-23H2,1-4H3,(H,37,38). The first-order valence-corrected chi connectivity index (χ1v) is 13.8. The van der Waals surface area contributed by atoms with Gasteiger partial charge in [0.15, 0.2) is 0 Å². The van der Waals surface area contributed by atoms with E-state index in [1.165, 1.54) is 5.56 Å². The van der Waals surface area contributed by atoms with Crippen molar-refractivity contribution in [2.45, 2.75) is 58.6 Å². The van der Waals surface area contributed by atoms with Gasteiger partial charge in [-0.05, 0) is 75.0 Å². The van der Waals surface area contributed by atoms with Crippen LogP contribution in [-0.2, 0) is 34.5 Å². The minimum atomic E-state index is -0.989. The molecule has 1 heterocycles. The monoisotopic (exact) mass is 528 g/mol. The molecule has 0 aliphatic heterocycles. The first-order chi connectivity index (χ1) is 18.8. The summed E-state index contributed by atoms with van der Waals surface area (Å²) in [6.07, 6.45) is 1.86. The second kappa shape index (κ2) is 13.0. The average Bonchev–Trinajstić information content (AvgIpc) is 3.35. The van der Waals surface area contributed by atoms with Crippen molar-refractivity contribution in [1.82, 2.24) is 19.9 Å². The zero-order valence-corrected chi connectivity index (χ0v) is 23.6. The summed E-state index contributed by atoms with van der Waals surface area (Å²) in [5, 5.41) is 19.2. The van der Waals surface area contributed by atoms with Gasteiger partial charge in [-0.1, -0.05) is 78.4 Å². The van der Waals surface area contributed by atoms with Crippen LogP contribution in [-0.4, -0.2) is 57.7 Å². The van der Waals surface area contributed by atoms with Gasteiger partial charge in [0.25, 0.3) is 0 Å². The van der Waals surface area contributed by atoms with E-state index < -0.39 is 11.4 Å². The predicted molar refractivity (Wildman–Crippen MR) is 155 cm³/mol. The molecule has 4 aromatic rings. The molecular weight excluding hydrogens is 488 g/mol. The molecule has 206 valence electrons. The highest BCUT2D eigenvalue weighted by atomic mass is 16.5.